The van der Waals surface area contributed by atoms with Crippen LogP contribution in [0.1, 0.15) is 5.82 Å². The monoisotopic (exact) mass is 330 g/mol. The first-order chi connectivity index (χ1) is 9.70. The molecule has 1 aromatic carbocycles. The van der Waals surface area contributed by atoms with Crippen molar-refractivity contribution in [2.75, 3.05) is 0 Å². The third kappa shape index (κ3) is 2.06. The van der Waals surface area contributed by atoms with Crippen molar-refractivity contribution in [2.45, 2.75) is 6.42 Å². The Labute approximate surface area is 122 Å². The molecule has 98 valence electrons. The summed E-state index contributed by atoms with van der Waals surface area (Å²) in [5.41, 5.74) is 1.44. The number of hydrogen-bond donors (Lipinski definition) is 0. The molecular weight excluding hydrogens is 323 g/mol. The Morgan fingerprint density at radius 2 is 2.15 bits per heavy atom. The Kier molecular flexibility index (Phi) is 3.20. The third-order valence-corrected chi connectivity index (χ3v) is 3.30. The Balaban J connectivity index is 2.33. The minimum absolute atomic E-state index is 0.0892. The molecular formula is C14H8BrFN4. The first-order valence-corrected chi connectivity index (χ1v) is 6.64. The van der Waals surface area contributed by atoms with Crippen LogP contribution >= 0.6 is 15.9 Å². The van der Waals surface area contributed by atoms with Gasteiger partial charge in [0.25, 0.3) is 0 Å². The number of fused-ring (bicyclic) bond motifs is 1. The molecule has 0 fully saturated rings. The summed E-state index contributed by atoms with van der Waals surface area (Å²) in [5.74, 6) is 0.149. The van der Waals surface area contributed by atoms with Gasteiger partial charge in [-0.3, -0.25) is 4.57 Å². The molecule has 0 aliphatic carbocycles. The van der Waals surface area contributed by atoms with Crippen LogP contribution in [0.5, 0.6) is 0 Å². The molecule has 0 saturated heterocycles. The van der Waals surface area contributed by atoms with Crippen LogP contribution in [0.25, 0.3) is 16.9 Å². The van der Waals surface area contributed by atoms with Crippen molar-refractivity contribution in [1.82, 2.24) is 14.5 Å². The highest BCUT2D eigenvalue weighted by molar-refractivity contribution is 9.10. The van der Waals surface area contributed by atoms with E-state index >= 15 is 0 Å². The lowest BCUT2D eigenvalue weighted by atomic mass is 10.3. The van der Waals surface area contributed by atoms with E-state index in [0.29, 0.717) is 15.8 Å². The maximum atomic E-state index is 14.1. The molecule has 6 heteroatoms. The van der Waals surface area contributed by atoms with Crippen LogP contribution in [0.3, 0.4) is 0 Å². The lowest BCUT2D eigenvalue weighted by Crippen LogP contribution is -2.05. The summed E-state index contributed by atoms with van der Waals surface area (Å²) in [6.45, 7) is 0. The summed E-state index contributed by atoms with van der Waals surface area (Å²) in [6.07, 6.45) is 1.61. The Bertz CT molecular complexity index is 835. The third-order valence-electron chi connectivity index (χ3n) is 2.87. The molecule has 4 nitrogen and oxygen atoms in total. The second-order valence-electron chi connectivity index (χ2n) is 4.15. The molecule has 3 aromatic rings. The van der Waals surface area contributed by atoms with Gasteiger partial charge in [-0.1, -0.05) is 12.1 Å². The summed E-state index contributed by atoms with van der Waals surface area (Å²) in [7, 11) is 0. The summed E-state index contributed by atoms with van der Waals surface area (Å²) in [4.78, 5) is 8.47. The minimum atomic E-state index is -0.471. The van der Waals surface area contributed by atoms with Crippen molar-refractivity contribution in [3.05, 3.63) is 52.6 Å². The number of pyridine rings is 1. The zero-order chi connectivity index (χ0) is 14.1. The van der Waals surface area contributed by atoms with E-state index in [-0.39, 0.29) is 12.2 Å². The normalized spacial score (nSPS) is 10.7. The standard InChI is InChI=1S/C14H8BrFN4/c15-9-7-10(16)14(18-8-9)20-12-4-2-1-3-11(12)19-13(20)5-6-17/h1-4,7-8H,5H2. The number of nitrogens with zero attached hydrogens (tertiary/aromatic N) is 4. The number of imidazole rings is 1. The topological polar surface area (TPSA) is 54.5 Å². The van der Waals surface area contributed by atoms with Crippen molar-refractivity contribution in [2.24, 2.45) is 0 Å². The predicted molar refractivity (Wildman–Crippen MR) is 75.8 cm³/mol. The van der Waals surface area contributed by atoms with Gasteiger partial charge in [0.05, 0.1) is 23.5 Å². The van der Waals surface area contributed by atoms with Crippen molar-refractivity contribution in [3.8, 4) is 11.9 Å². The van der Waals surface area contributed by atoms with Gasteiger partial charge in [-0.2, -0.15) is 5.26 Å². The Morgan fingerprint density at radius 1 is 1.35 bits per heavy atom. The highest BCUT2D eigenvalue weighted by Gasteiger charge is 2.16. The molecule has 0 saturated carbocycles. The number of nitriles is 1. The van der Waals surface area contributed by atoms with Crippen molar-refractivity contribution in [1.29, 1.82) is 5.26 Å². The average molecular weight is 331 g/mol. The molecule has 0 bridgehead atoms. The summed E-state index contributed by atoms with van der Waals surface area (Å²) < 4.78 is 16.3. The number of hydrogen-bond acceptors (Lipinski definition) is 3. The first-order valence-electron chi connectivity index (χ1n) is 5.85. The average Bonchev–Trinajstić information content (AvgIpc) is 2.78. The van der Waals surface area contributed by atoms with Crippen molar-refractivity contribution in [3.63, 3.8) is 0 Å². The number of benzene rings is 1. The lowest BCUT2D eigenvalue weighted by molar-refractivity contribution is 0.607. The van der Waals surface area contributed by atoms with E-state index in [4.69, 9.17) is 5.26 Å². The largest absolute Gasteiger partial charge is 0.277 e. The van der Waals surface area contributed by atoms with Gasteiger partial charge in [0.2, 0.25) is 0 Å². The van der Waals surface area contributed by atoms with Crippen LogP contribution in [-0.2, 0) is 6.42 Å². The maximum Gasteiger partial charge on any atom is 0.175 e. The van der Waals surface area contributed by atoms with Crippen LogP contribution < -0.4 is 0 Å². The number of aromatic nitrogens is 3. The quantitative estimate of drug-likeness (QED) is 0.723. The van der Waals surface area contributed by atoms with Gasteiger partial charge >= 0.3 is 0 Å². The van der Waals surface area contributed by atoms with Crippen LogP contribution in [0, 0.1) is 17.1 Å². The number of rotatable bonds is 2. The highest BCUT2D eigenvalue weighted by Crippen LogP contribution is 2.23. The highest BCUT2D eigenvalue weighted by atomic mass is 79.9. The van der Waals surface area contributed by atoms with Crippen LogP contribution in [0.4, 0.5) is 4.39 Å². The van der Waals surface area contributed by atoms with Gasteiger partial charge in [-0.15, -0.1) is 0 Å². The van der Waals surface area contributed by atoms with Gasteiger partial charge < -0.3 is 0 Å². The molecule has 0 aliphatic heterocycles. The SMILES string of the molecule is N#CCc1nc2ccccc2n1-c1ncc(Br)cc1F. The molecule has 0 amide bonds. The van der Waals surface area contributed by atoms with E-state index in [0.717, 1.165) is 5.52 Å². The van der Waals surface area contributed by atoms with Gasteiger partial charge in [-0.25, -0.2) is 14.4 Å². The molecule has 0 aliphatic rings. The molecule has 0 N–H and O–H groups in total. The summed E-state index contributed by atoms with van der Waals surface area (Å²) >= 11 is 3.18. The smallest absolute Gasteiger partial charge is 0.175 e. The molecule has 0 spiro atoms. The van der Waals surface area contributed by atoms with E-state index in [9.17, 15) is 4.39 Å². The first kappa shape index (κ1) is 12.8. The Hall–Kier alpha value is -2.26. The predicted octanol–water partition coefficient (Wildman–Crippen LogP) is 3.39. The Morgan fingerprint density at radius 3 is 2.90 bits per heavy atom. The molecule has 20 heavy (non-hydrogen) atoms. The molecule has 0 atom stereocenters. The zero-order valence-corrected chi connectivity index (χ0v) is 11.8. The maximum absolute atomic E-state index is 14.1. The molecule has 2 aromatic heterocycles. The second kappa shape index (κ2) is 5.02. The zero-order valence-electron chi connectivity index (χ0n) is 10.2. The van der Waals surface area contributed by atoms with Gasteiger partial charge in [0, 0.05) is 10.7 Å². The van der Waals surface area contributed by atoms with Crippen LogP contribution in [-0.4, -0.2) is 14.5 Å². The fraction of sp³-hybridized carbons (Fsp3) is 0.0714. The number of para-hydroxylation sites is 2. The lowest BCUT2D eigenvalue weighted by Gasteiger charge is -2.07. The second-order valence-corrected chi connectivity index (χ2v) is 5.06. The molecule has 0 radical (unpaired) electrons. The summed E-state index contributed by atoms with van der Waals surface area (Å²) in [6, 6.07) is 10.7. The van der Waals surface area contributed by atoms with Crippen LogP contribution in [0.15, 0.2) is 41.0 Å². The molecule has 0 unspecified atom stereocenters. The van der Waals surface area contributed by atoms with E-state index in [1.165, 1.54) is 12.3 Å². The van der Waals surface area contributed by atoms with E-state index < -0.39 is 5.82 Å². The summed E-state index contributed by atoms with van der Waals surface area (Å²) in [5, 5.41) is 8.90. The van der Waals surface area contributed by atoms with E-state index in [1.807, 2.05) is 30.3 Å². The fourth-order valence-corrected chi connectivity index (χ4v) is 2.38. The van der Waals surface area contributed by atoms with Gasteiger partial charge in [-0.05, 0) is 34.1 Å². The van der Waals surface area contributed by atoms with Crippen molar-refractivity contribution >= 4 is 27.0 Å². The van der Waals surface area contributed by atoms with Crippen molar-refractivity contribution < 1.29 is 4.39 Å². The fourth-order valence-electron chi connectivity index (χ4n) is 2.07. The van der Waals surface area contributed by atoms with E-state index in [2.05, 4.69) is 25.9 Å². The molecule has 3 rings (SSSR count). The molecule has 2 heterocycles. The number of halogens is 2. The van der Waals surface area contributed by atoms with Crippen LogP contribution in [0.2, 0.25) is 0 Å². The van der Waals surface area contributed by atoms with E-state index in [1.54, 1.807) is 4.57 Å². The minimum Gasteiger partial charge on any atom is -0.277 e. The van der Waals surface area contributed by atoms with Gasteiger partial charge in [0.1, 0.15) is 5.82 Å². The van der Waals surface area contributed by atoms with Gasteiger partial charge in [0.15, 0.2) is 11.6 Å².